The van der Waals surface area contributed by atoms with Crippen molar-refractivity contribution in [3.63, 3.8) is 0 Å². The number of likely N-dealkylation sites (tertiary alicyclic amines) is 1. The van der Waals surface area contributed by atoms with E-state index in [1.807, 2.05) is 32.0 Å². The Morgan fingerprint density at radius 2 is 1.75 bits per heavy atom. The van der Waals surface area contributed by atoms with Gasteiger partial charge >= 0.3 is 0 Å². The number of amides is 2. The Labute approximate surface area is 117 Å². The summed E-state index contributed by atoms with van der Waals surface area (Å²) in [6, 6.07) is 5.75. The highest BCUT2D eigenvalue weighted by Gasteiger charge is 2.35. The molecule has 0 bridgehead atoms. The third kappa shape index (κ3) is 2.13. The predicted octanol–water partition coefficient (Wildman–Crippen LogP) is 1.84. The van der Waals surface area contributed by atoms with Crippen molar-refractivity contribution in [1.29, 1.82) is 0 Å². The predicted molar refractivity (Wildman–Crippen MR) is 71.5 cm³/mol. The first kappa shape index (κ1) is 13.0. The molecule has 0 N–H and O–H groups in total. The molecular formula is C15H17NO4. The molecule has 106 valence electrons. The molecule has 2 amide bonds. The molecule has 2 heterocycles. The molecule has 5 heteroatoms. The van der Waals surface area contributed by atoms with Crippen molar-refractivity contribution in [3.8, 4) is 11.5 Å². The molecule has 0 unspecified atom stereocenters. The zero-order valence-corrected chi connectivity index (χ0v) is 11.6. The average Bonchev–Trinajstić information content (AvgIpc) is 2.99. The lowest BCUT2D eigenvalue weighted by molar-refractivity contribution is -0.139. The Morgan fingerprint density at radius 1 is 1.10 bits per heavy atom. The fourth-order valence-electron chi connectivity index (χ4n) is 2.60. The minimum Gasteiger partial charge on any atom is -0.454 e. The van der Waals surface area contributed by atoms with E-state index in [2.05, 4.69) is 0 Å². The summed E-state index contributed by atoms with van der Waals surface area (Å²) in [6.07, 6.45) is 0.659. The lowest BCUT2D eigenvalue weighted by Gasteiger charge is -2.29. The summed E-state index contributed by atoms with van der Waals surface area (Å²) in [5.74, 6) is 1.29. The number of hydrogen-bond acceptors (Lipinski definition) is 4. The summed E-state index contributed by atoms with van der Waals surface area (Å²) >= 11 is 0. The molecule has 3 rings (SSSR count). The van der Waals surface area contributed by atoms with Crippen molar-refractivity contribution in [3.05, 3.63) is 23.8 Å². The van der Waals surface area contributed by atoms with Gasteiger partial charge in [-0.05, 0) is 17.7 Å². The molecule has 20 heavy (non-hydrogen) atoms. The van der Waals surface area contributed by atoms with Gasteiger partial charge in [-0.15, -0.1) is 0 Å². The molecule has 1 saturated heterocycles. The first-order chi connectivity index (χ1) is 9.47. The number of ether oxygens (including phenoxy) is 2. The first-order valence-electron chi connectivity index (χ1n) is 6.71. The summed E-state index contributed by atoms with van der Waals surface area (Å²) < 4.78 is 10.7. The monoisotopic (exact) mass is 275 g/mol. The lowest BCUT2D eigenvalue weighted by atomic mass is 9.84. The van der Waals surface area contributed by atoms with E-state index in [1.165, 1.54) is 4.90 Å². The molecule has 1 fully saturated rings. The van der Waals surface area contributed by atoms with E-state index in [0.717, 1.165) is 17.1 Å². The van der Waals surface area contributed by atoms with Crippen LogP contribution in [0.25, 0.3) is 0 Å². The SMILES string of the molecule is CC(C)(CN1C(=O)CCC1=O)c1ccc2c(c1)OCO2. The number of carbonyl (C=O) groups is 2. The molecular weight excluding hydrogens is 258 g/mol. The Bertz CT molecular complexity index is 563. The fourth-order valence-corrected chi connectivity index (χ4v) is 2.60. The highest BCUT2D eigenvalue weighted by molar-refractivity contribution is 6.02. The van der Waals surface area contributed by atoms with Gasteiger partial charge in [0.2, 0.25) is 18.6 Å². The zero-order chi connectivity index (χ0) is 14.3. The quantitative estimate of drug-likeness (QED) is 0.790. The van der Waals surface area contributed by atoms with Gasteiger partial charge in [0, 0.05) is 24.8 Å². The number of rotatable bonds is 3. The molecule has 0 radical (unpaired) electrons. The average molecular weight is 275 g/mol. The second-order valence-electron chi connectivity index (χ2n) is 5.83. The Morgan fingerprint density at radius 3 is 2.45 bits per heavy atom. The van der Waals surface area contributed by atoms with Crippen LogP contribution in [0.3, 0.4) is 0 Å². The van der Waals surface area contributed by atoms with Gasteiger partial charge in [-0.25, -0.2) is 0 Å². The van der Waals surface area contributed by atoms with Gasteiger partial charge in [-0.1, -0.05) is 19.9 Å². The maximum atomic E-state index is 11.7. The Kier molecular flexibility index (Phi) is 2.92. The largest absolute Gasteiger partial charge is 0.454 e. The van der Waals surface area contributed by atoms with E-state index < -0.39 is 0 Å². The number of imide groups is 1. The minimum atomic E-state index is -0.323. The zero-order valence-electron chi connectivity index (χ0n) is 11.6. The third-order valence-electron chi connectivity index (χ3n) is 3.86. The van der Waals surface area contributed by atoms with Crippen LogP contribution in [0, 0.1) is 0 Å². The van der Waals surface area contributed by atoms with Crippen LogP contribution in [-0.2, 0) is 15.0 Å². The van der Waals surface area contributed by atoms with Crippen LogP contribution in [0.1, 0.15) is 32.3 Å². The third-order valence-corrected chi connectivity index (χ3v) is 3.86. The van der Waals surface area contributed by atoms with Gasteiger partial charge in [0.15, 0.2) is 11.5 Å². The maximum Gasteiger partial charge on any atom is 0.231 e. The van der Waals surface area contributed by atoms with E-state index in [1.54, 1.807) is 0 Å². The topological polar surface area (TPSA) is 55.8 Å². The van der Waals surface area contributed by atoms with Crippen LogP contribution >= 0.6 is 0 Å². The second kappa shape index (κ2) is 4.51. The van der Waals surface area contributed by atoms with E-state index in [0.29, 0.717) is 19.4 Å². The number of nitrogens with zero attached hydrogens (tertiary/aromatic N) is 1. The van der Waals surface area contributed by atoms with Gasteiger partial charge < -0.3 is 9.47 Å². The van der Waals surface area contributed by atoms with Crippen LogP contribution in [0.2, 0.25) is 0 Å². The number of carbonyl (C=O) groups excluding carboxylic acids is 2. The van der Waals surface area contributed by atoms with E-state index in [-0.39, 0.29) is 24.0 Å². The molecule has 2 aliphatic rings. The summed E-state index contributed by atoms with van der Waals surface area (Å²) in [5, 5.41) is 0. The van der Waals surface area contributed by atoms with Crippen LogP contribution < -0.4 is 9.47 Å². The molecule has 0 aliphatic carbocycles. The molecule has 5 nitrogen and oxygen atoms in total. The standard InChI is InChI=1S/C15H17NO4/c1-15(2,8-16-13(17)5-6-14(16)18)10-3-4-11-12(7-10)20-9-19-11/h3-4,7H,5-6,8-9H2,1-2H3. The molecule has 0 aromatic heterocycles. The van der Waals surface area contributed by atoms with Crippen LogP contribution in [0.5, 0.6) is 11.5 Å². The first-order valence-corrected chi connectivity index (χ1v) is 6.71. The summed E-state index contributed by atoms with van der Waals surface area (Å²) in [5.41, 5.74) is 0.700. The van der Waals surface area contributed by atoms with Crippen LogP contribution in [-0.4, -0.2) is 30.1 Å². The van der Waals surface area contributed by atoms with Gasteiger partial charge in [-0.2, -0.15) is 0 Å². The highest BCUT2D eigenvalue weighted by Crippen LogP contribution is 2.37. The van der Waals surface area contributed by atoms with Gasteiger partial charge in [0.1, 0.15) is 0 Å². The normalized spacial score (nSPS) is 18.0. The van der Waals surface area contributed by atoms with Crippen molar-refractivity contribution in [2.75, 3.05) is 13.3 Å². The molecule has 0 spiro atoms. The molecule has 2 aliphatic heterocycles. The van der Waals surface area contributed by atoms with Crippen molar-refractivity contribution in [2.45, 2.75) is 32.1 Å². The van der Waals surface area contributed by atoms with E-state index in [9.17, 15) is 9.59 Å². The smallest absolute Gasteiger partial charge is 0.231 e. The maximum absolute atomic E-state index is 11.7. The number of fused-ring (bicyclic) bond motifs is 1. The Balaban J connectivity index is 1.84. The molecule has 1 aromatic carbocycles. The van der Waals surface area contributed by atoms with Gasteiger partial charge in [0.05, 0.1) is 0 Å². The number of hydrogen-bond donors (Lipinski definition) is 0. The number of benzene rings is 1. The molecule has 0 atom stereocenters. The van der Waals surface area contributed by atoms with Crippen molar-refractivity contribution in [1.82, 2.24) is 4.90 Å². The molecule has 1 aromatic rings. The van der Waals surface area contributed by atoms with E-state index in [4.69, 9.17) is 9.47 Å². The van der Waals surface area contributed by atoms with Crippen LogP contribution in [0.4, 0.5) is 0 Å². The van der Waals surface area contributed by atoms with E-state index >= 15 is 0 Å². The minimum absolute atomic E-state index is 0.0798. The van der Waals surface area contributed by atoms with Gasteiger partial charge in [-0.3, -0.25) is 14.5 Å². The lowest BCUT2D eigenvalue weighted by Crippen LogP contribution is -2.40. The van der Waals surface area contributed by atoms with Crippen molar-refractivity contribution in [2.24, 2.45) is 0 Å². The Hall–Kier alpha value is -2.04. The van der Waals surface area contributed by atoms with Crippen LogP contribution in [0.15, 0.2) is 18.2 Å². The van der Waals surface area contributed by atoms with Crippen molar-refractivity contribution >= 4 is 11.8 Å². The van der Waals surface area contributed by atoms with Gasteiger partial charge in [0.25, 0.3) is 0 Å². The van der Waals surface area contributed by atoms with Crippen molar-refractivity contribution < 1.29 is 19.1 Å². The summed E-state index contributed by atoms with van der Waals surface area (Å²) in [7, 11) is 0. The second-order valence-corrected chi connectivity index (χ2v) is 5.83. The highest BCUT2D eigenvalue weighted by atomic mass is 16.7. The fraction of sp³-hybridized carbons (Fsp3) is 0.467. The summed E-state index contributed by atoms with van der Waals surface area (Å²) in [6.45, 7) is 4.67. The molecule has 0 saturated carbocycles. The summed E-state index contributed by atoms with van der Waals surface area (Å²) in [4.78, 5) is 24.8.